The molecule has 0 amide bonds. The van der Waals surface area contributed by atoms with E-state index in [4.69, 9.17) is 4.74 Å². The molecule has 70 valence electrons. The highest BCUT2D eigenvalue weighted by molar-refractivity contribution is 5.74. The first-order chi connectivity index (χ1) is 5.77. The van der Waals surface area contributed by atoms with Crippen LogP contribution in [-0.2, 0) is 14.3 Å². The molecule has 0 N–H and O–H groups in total. The standard InChI is InChI=1S/C8H15NO3/c1-3-9-4-5-12-7(6-9)8(10)11-2/h7H,3-6H2,1-2H3. The van der Waals surface area contributed by atoms with Gasteiger partial charge in [0.1, 0.15) is 0 Å². The molecule has 0 aliphatic carbocycles. The normalized spacial score (nSPS) is 25.3. The Bertz CT molecular complexity index is 160. The summed E-state index contributed by atoms with van der Waals surface area (Å²) < 4.78 is 9.84. The summed E-state index contributed by atoms with van der Waals surface area (Å²) in [5, 5.41) is 0. The van der Waals surface area contributed by atoms with Crippen LogP contribution in [0.25, 0.3) is 0 Å². The molecule has 1 atom stereocenters. The molecular weight excluding hydrogens is 158 g/mol. The van der Waals surface area contributed by atoms with E-state index in [1.165, 1.54) is 7.11 Å². The zero-order chi connectivity index (χ0) is 8.97. The van der Waals surface area contributed by atoms with Crippen LogP contribution in [0.3, 0.4) is 0 Å². The predicted octanol–water partition coefficient (Wildman–Crippen LogP) is -0.120. The van der Waals surface area contributed by atoms with Crippen LogP contribution in [0.15, 0.2) is 0 Å². The topological polar surface area (TPSA) is 38.8 Å². The van der Waals surface area contributed by atoms with Crippen LogP contribution in [-0.4, -0.2) is 50.3 Å². The summed E-state index contributed by atoms with van der Waals surface area (Å²) in [5.41, 5.74) is 0. The number of hydrogen-bond donors (Lipinski definition) is 0. The van der Waals surface area contributed by atoms with Crippen molar-refractivity contribution in [1.29, 1.82) is 0 Å². The first-order valence-electron chi connectivity index (χ1n) is 4.19. The number of ether oxygens (including phenoxy) is 2. The first-order valence-corrected chi connectivity index (χ1v) is 4.19. The average molecular weight is 173 g/mol. The van der Waals surface area contributed by atoms with Gasteiger partial charge >= 0.3 is 5.97 Å². The molecule has 1 unspecified atom stereocenters. The minimum atomic E-state index is -0.385. The Balaban J connectivity index is 2.40. The number of likely N-dealkylation sites (N-methyl/N-ethyl adjacent to an activating group) is 1. The molecule has 4 heteroatoms. The van der Waals surface area contributed by atoms with Crippen LogP contribution in [0.5, 0.6) is 0 Å². The number of carbonyl (C=O) groups excluding carboxylic acids is 1. The number of nitrogens with zero attached hydrogens (tertiary/aromatic N) is 1. The van der Waals surface area contributed by atoms with E-state index in [9.17, 15) is 4.79 Å². The van der Waals surface area contributed by atoms with Crippen molar-refractivity contribution in [2.45, 2.75) is 13.0 Å². The fourth-order valence-corrected chi connectivity index (χ4v) is 1.26. The molecule has 4 nitrogen and oxygen atoms in total. The summed E-state index contributed by atoms with van der Waals surface area (Å²) >= 11 is 0. The zero-order valence-corrected chi connectivity index (χ0v) is 7.58. The van der Waals surface area contributed by atoms with Gasteiger partial charge in [-0.1, -0.05) is 6.92 Å². The Labute approximate surface area is 72.4 Å². The van der Waals surface area contributed by atoms with E-state index in [0.29, 0.717) is 13.2 Å². The van der Waals surface area contributed by atoms with Gasteiger partial charge in [-0.25, -0.2) is 4.79 Å². The van der Waals surface area contributed by atoms with E-state index < -0.39 is 0 Å². The van der Waals surface area contributed by atoms with Gasteiger partial charge in [0.15, 0.2) is 6.10 Å². The monoisotopic (exact) mass is 173 g/mol. The van der Waals surface area contributed by atoms with Crippen molar-refractivity contribution in [3.05, 3.63) is 0 Å². The Morgan fingerprint density at radius 2 is 2.50 bits per heavy atom. The van der Waals surface area contributed by atoms with E-state index in [-0.39, 0.29) is 12.1 Å². The number of rotatable bonds is 2. The lowest BCUT2D eigenvalue weighted by molar-refractivity contribution is -0.159. The van der Waals surface area contributed by atoms with Gasteiger partial charge in [0.05, 0.1) is 13.7 Å². The summed E-state index contributed by atoms with van der Waals surface area (Å²) in [6.07, 6.45) is -0.385. The van der Waals surface area contributed by atoms with E-state index in [1.54, 1.807) is 0 Å². The maximum absolute atomic E-state index is 11.1. The van der Waals surface area contributed by atoms with Crippen LogP contribution in [0.4, 0.5) is 0 Å². The second-order valence-corrected chi connectivity index (χ2v) is 2.78. The van der Waals surface area contributed by atoms with Crippen molar-refractivity contribution in [2.24, 2.45) is 0 Å². The second kappa shape index (κ2) is 4.42. The number of esters is 1. The lowest BCUT2D eigenvalue weighted by Gasteiger charge is -2.30. The average Bonchev–Trinajstić information content (AvgIpc) is 2.17. The largest absolute Gasteiger partial charge is 0.467 e. The molecule has 1 rings (SSSR count). The number of morpholine rings is 1. The fourth-order valence-electron chi connectivity index (χ4n) is 1.26. The lowest BCUT2D eigenvalue weighted by Crippen LogP contribution is -2.46. The third-order valence-electron chi connectivity index (χ3n) is 2.06. The van der Waals surface area contributed by atoms with Gasteiger partial charge in [-0.15, -0.1) is 0 Å². The third-order valence-corrected chi connectivity index (χ3v) is 2.06. The van der Waals surface area contributed by atoms with Crippen molar-refractivity contribution >= 4 is 5.97 Å². The molecule has 0 spiro atoms. The highest BCUT2D eigenvalue weighted by Gasteiger charge is 2.26. The van der Waals surface area contributed by atoms with Crippen molar-refractivity contribution in [3.8, 4) is 0 Å². The van der Waals surface area contributed by atoms with Gasteiger partial charge in [-0.05, 0) is 6.54 Å². The summed E-state index contributed by atoms with van der Waals surface area (Å²) in [6.45, 7) is 5.21. The van der Waals surface area contributed by atoms with E-state index in [0.717, 1.165) is 13.1 Å². The molecule has 0 radical (unpaired) electrons. The van der Waals surface area contributed by atoms with E-state index in [1.807, 2.05) is 0 Å². The Morgan fingerprint density at radius 3 is 3.08 bits per heavy atom. The summed E-state index contributed by atoms with van der Waals surface area (Å²) in [6, 6.07) is 0. The minimum Gasteiger partial charge on any atom is -0.467 e. The van der Waals surface area contributed by atoms with Crippen molar-refractivity contribution < 1.29 is 14.3 Å². The molecule has 0 bridgehead atoms. The third kappa shape index (κ3) is 2.19. The SMILES string of the molecule is CCN1CCOC(C(=O)OC)C1. The van der Waals surface area contributed by atoms with Gasteiger partial charge in [0.2, 0.25) is 0 Å². The van der Waals surface area contributed by atoms with Crippen molar-refractivity contribution in [1.82, 2.24) is 4.90 Å². The van der Waals surface area contributed by atoms with Gasteiger partial charge in [0.25, 0.3) is 0 Å². The van der Waals surface area contributed by atoms with E-state index in [2.05, 4.69) is 16.6 Å². The Morgan fingerprint density at radius 1 is 1.75 bits per heavy atom. The lowest BCUT2D eigenvalue weighted by atomic mass is 10.3. The van der Waals surface area contributed by atoms with Crippen LogP contribution < -0.4 is 0 Å². The number of hydrogen-bond acceptors (Lipinski definition) is 4. The molecule has 1 aliphatic heterocycles. The highest BCUT2D eigenvalue weighted by atomic mass is 16.6. The highest BCUT2D eigenvalue weighted by Crippen LogP contribution is 2.05. The molecular formula is C8H15NO3. The molecule has 0 aromatic rings. The Hall–Kier alpha value is -0.610. The maximum Gasteiger partial charge on any atom is 0.336 e. The molecule has 1 saturated heterocycles. The van der Waals surface area contributed by atoms with E-state index >= 15 is 0 Å². The van der Waals surface area contributed by atoms with Crippen LogP contribution in [0.2, 0.25) is 0 Å². The summed E-state index contributed by atoms with van der Waals surface area (Å²) in [5.74, 6) is -0.270. The Kier molecular flexibility index (Phi) is 3.49. The van der Waals surface area contributed by atoms with Crippen LogP contribution in [0, 0.1) is 0 Å². The maximum atomic E-state index is 11.1. The number of carbonyl (C=O) groups is 1. The quantitative estimate of drug-likeness (QED) is 0.546. The smallest absolute Gasteiger partial charge is 0.336 e. The second-order valence-electron chi connectivity index (χ2n) is 2.78. The molecule has 12 heavy (non-hydrogen) atoms. The molecule has 0 aromatic carbocycles. The molecule has 1 fully saturated rings. The fraction of sp³-hybridized carbons (Fsp3) is 0.875. The first kappa shape index (κ1) is 9.48. The van der Waals surface area contributed by atoms with Crippen molar-refractivity contribution in [2.75, 3.05) is 33.4 Å². The number of methoxy groups -OCH3 is 1. The molecule has 0 saturated carbocycles. The predicted molar refractivity (Wildman–Crippen MR) is 43.9 cm³/mol. The summed E-state index contributed by atoms with van der Waals surface area (Å²) in [4.78, 5) is 13.2. The molecule has 0 aromatic heterocycles. The van der Waals surface area contributed by atoms with Gasteiger partial charge in [-0.3, -0.25) is 4.90 Å². The van der Waals surface area contributed by atoms with Gasteiger partial charge in [-0.2, -0.15) is 0 Å². The molecule has 1 heterocycles. The van der Waals surface area contributed by atoms with Crippen LogP contribution >= 0.6 is 0 Å². The summed E-state index contributed by atoms with van der Waals surface area (Å²) in [7, 11) is 1.39. The van der Waals surface area contributed by atoms with Crippen LogP contribution in [0.1, 0.15) is 6.92 Å². The van der Waals surface area contributed by atoms with Crippen molar-refractivity contribution in [3.63, 3.8) is 0 Å². The van der Waals surface area contributed by atoms with Gasteiger partial charge in [0, 0.05) is 13.1 Å². The zero-order valence-electron chi connectivity index (χ0n) is 7.58. The molecule has 1 aliphatic rings. The minimum absolute atomic E-state index is 0.270. The van der Waals surface area contributed by atoms with Gasteiger partial charge < -0.3 is 9.47 Å².